The normalized spacial score (nSPS) is 10.4. The van der Waals surface area contributed by atoms with Crippen LogP contribution in [0, 0.1) is 6.92 Å². The Morgan fingerprint density at radius 1 is 1.00 bits per heavy atom. The lowest BCUT2D eigenvalue weighted by Gasteiger charge is -2.09. The molecule has 0 spiro atoms. The van der Waals surface area contributed by atoms with Gasteiger partial charge in [0.1, 0.15) is 11.5 Å². The Hall–Kier alpha value is -0.700. The maximum Gasteiger partial charge on any atom is 0.129 e. The van der Waals surface area contributed by atoms with E-state index in [1.807, 2.05) is 18.2 Å². The standard InChI is InChI=1S/C14H11BrCl2O/c1-9-6-11(3-2-10(9)8-15)18-12-4-5-13(16)14(17)7-12/h2-7H,8H2,1H3. The van der Waals surface area contributed by atoms with Crippen molar-refractivity contribution in [1.29, 1.82) is 0 Å². The highest BCUT2D eigenvalue weighted by molar-refractivity contribution is 9.08. The number of hydrogen-bond acceptors (Lipinski definition) is 1. The Morgan fingerprint density at radius 3 is 2.28 bits per heavy atom. The van der Waals surface area contributed by atoms with Crippen molar-refractivity contribution >= 4 is 39.1 Å². The van der Waals surface area contributed by atoms with E-state index in [1.165, 1.54) is 11.1 Å². The van der Waals surface area contributed by atoms with Crippen molar-refractivity contribution in [3.63, 3.8) is 0 Å². The summed E-state index contributed by atoms with van der Waals surface area (Å²) < 4.78 is 5.74. The molecular formula is C14H11BrCl2O. The molecule has 0 atom stereocenters. The van der Waals surface area contributed by atoms with Crippen LogP contribution in [0.15, 0.2) is 36.4 Å². The highest BCUT2D eigenvalue weighted by atomic mass is 79.9. The summed E-state index contributed by atoms with van der Waals surface area (Å²) >= 11 is 15.2. The second-order valence-corrected chi connectivity index (χ2v) is 5.28. The lowest BCUT2D eigenvalue weighted by Crippen LogP contribution is -1.88. The van der Waals surface area contributed by atoms with Crippen LogP contribution >= 0.6 is 39.1 Å². The number of alkyl halides is 1. The molecule has 2 aromatic rings. The highest BCUT2D eigenvalue weighted by Gasteiger charge is 2.03. The zero-order valence-electron chi connectivity index (χ0n) is 9.71. The van der Waals surface area contributed by atoms with Gasteiger partial charge in [-0.25, -0.2) is 0 Å². The summed E-state index contributed by atoms with van der Waals surface area (Å²) in [6, 6.07) is 11.2. The first-order chi connectivity index (χ1) is 8.60. The van der Waals surface area contributed by atoms with E-state index < -0.39 is 0 Å². The number of aryl methyl sites for hydroxylation is 1. The molecule has 0 bridgehead atoms. The number of hydrogen-bond donors (Lipinski definition) is 0. The molecule has 0 aliphatic carbocycles. The lowest BCUT2D eigenvalue weighted by molar-refractivity contribution is 0.482. The van der Waals surface area contributed by atoms with E-state index in [-0.39, 0.29) is 0 Å². The van der Waals surface area contributed by atoms with Gasteiger partial charge in [-0.2, -0.15) is 0 Å². The molecule has 2 aromatic carbocycles. The quantitative estimate of drug-likeness (QED) is 0.621. The third-order valence-corrected chi connectivity index (χ3v) is 3.93. The second-order valence-electron chi connectivity index (χ2n) is 3.90. The molecular weight excluding hydrogens is 335 g/mol. The SMILES string of the molecule is Cc1cc(Oc2ccc(Cl)c(Cl)c2)ccc1CBr. The van der Waals surface area contributed by atoms with Gasteiger partial charge in [-0.3, -0.25) is 0 Å². The van der Waals surface area contributed by atoms with Crippen LogP contribution < -0.4 is 4.74 Å². The fourth-order valence-corrected chi connectivity index (χ4v) is 2.48. The van der Waals surface area contributed by atoms with Crippen LogP contribution in [-0.4, -0.2) is 0 Å². The van der Waals surface area contributed by atoms with E-state index in [1.54, 1.807) is 18.2 Å². The van der Waals surface area contributed by atoms with Crippen molar-refractivity contribution in [3.05, 3.63) is 57.6 Å². The largest absolute Gasteiger partial charge is 0.457 e. The molecule has 1 nitrogen and oxygen atoms in total. The minimum Gasteiger partial charge on any atom is -0.457 e. The highest BCUT2D eigenvalue weighted by Crippen LogP contribution is 2.30. The molecule has 4 heteroatoms. The van der Waals surface area contributed by atoms with E-state index in [0.717, 1.165) is 11.1 Å². The third kappa shape index (κ3) is 3.19. The average Bonchev–Trinajstić information content (AvgIpc) is 2.34. The van der Waals surface area contributed by atoms with Crippen LogP contribution in [0.1, 0.15) is 11.1 Å². The van der Waals surface area contributed by atoms with E-state index in [2.05, 4.69) is 22.9 Å². The van der Waals surface area contributed by atoms with Crippen LogP contribution in [0.25, 0.3) is 0 Å². The van der Waals surface area contributed by atoms with Crippen molar-refractivity contribution < 1.29 is 4.74 Å². The molecule has 0 saturated heterocycles. The first-order valence-corrected chi connectivity index (χ1v) is 7.26. The maximum atomic E-state index is 5.94. The van der Waals surface area contributed by atoms with Gasteiger partial charge in [0.05, 0.1) is 10.0 Å². The summed E-state index contributed by atoms with van der Waals surface area (Å²) in [5.41, 5.74) is 2.43. The topological polar surface area (TPSA) is 9.23 Å². The van der Waals surface area contributed by atoms with Crippen molar-refractivity contribution in [2.45, 2.75) is 12.3 Å². The van der Waals surface area contributed by atoms with Gasteiger partial charge in [-0.15, -0.1) is 0 Å². The molecule has 0 radical (unpaired) electrons. The molecule has 0 unspecified atom stereocenters. The van der Waals surface area contributed by atoms with Crippen LogP contribution in [-0.2, 0) is 5.33 Å². The van der Waals surface area contributed by atoms with Gasteiger partial charge < -0.3 is 4.74 Å². The molecule has 0 saturated carbocycles. The van der Waals surface area contributed by atoms with Gasteiger partial charge >= 0.3 is 0 Å². The minimum absolute atomic E-state index is 0.489. The number of rotatable bonds is 3. The van der Waals surface area contributed by atoms with Crippen LogP contribution in [0.3, 0.4) is 0 Å². The first-order valence-electron chi connectivity index (χ1n) is 5.38. The van der Waals surface area contributed by atoms with E-state index in [0.29, 0.717) is 15.8 Å². The number of ether oxygens (including phenoxy) is 1. The molecule has 94 valence electrons. The Labute approximate surface area is 125 Å². The first kappa shape index (κ1) is 13.7. The smallest absolute Gasteiger partial charge is 0.129 e. The van der Waals surface area contributed by atoms with Crippen molar-refractivity contribution in [2.75, 3.05) is 0 Å². The Kier molecular flexibility index (Phi) is 4.55. The van der Waals surface area contributed by atoms with Gasteiger partial charge in [-0.1, -0.05) is 45.2 Å². The molecule has 0 fully saturated rings. The van der Waals surface area contributed by atoms with Gasteiger partial charge in [0.2, 0.25) is 0 Å². The molecule has 2 rings (SSSR count). The number of halogens is 3. The lowest BCUT2D eigenvalue weighted by atomic mass is 10.1. The van der Waals surface area contributed by atoms with Gasteiger partial charge in [-0.05, 0) is 42.3 Å². The van der Waals surface area contributed by atoms with E-state index in [9.17, 15) is 0 Å². The van der Waals surface area contributed by atoms with E-state index >= 15 is 0 Å². The third-order valence-electron chi connectivity index (χ3n) is 2.58. The van der Waals surface area contributed by atoms with Crippen molar-refractivity contribution in [1.82, 2.24) is 0 Å². The van der Waals surface area contributed by atoms with Crippen LogP contribution in [0.5, 0.6) is 11.5 Å². The predicted molar refractivity (Wildman–Crippen MR) is 80.3 cm³/mol. The molecule has 0 aromatic heterocycles. The van der Waals surface area contributed by atoms with Gasteiger partial charge in [0.25, 0.3) is 0 Å². The summed E-state index contributed by atoms with van der Waals surface area (Å²) in [5, 5.41) is 1.85. The molecule has 0 amide bonds. The summed E-state index contributed by atoms with van der Waals surface area (Å²) in [7, 11) is 0. The number of benzene rings is 2. The average molecular weight is 346 g/mol. The molecule has 0 aliphatic heterocycles. The monoisotopic (exact) mass is 344 g/mol. The summed E-state index contributed by atoms with van der Waals surface area (Å²) in [5.74, 6) is 1.46. The molecule has 0 N–H and O–H groups in total. The zero-order chi connectivity index (χ0) is 13.1. The minimum atomic E-state index is 0.489. The Balaban J connectivity index is 2.23. The second kappa shape index (κ2) is 5.96. The van der Waals surface area contributed by atoms with Crippen LogP contribution in [0.2, 0.25) is 10.0 Å². The van der Waals surface area contributed by atoms with Crippen molar-refractivity contribution in [2.24, 2.45) is 0 Å². The molecule has 0 heterocycles. The van der Waals surface area contributed by atoms with E-state index in [4.69, 9.17) is 27.9 Å². The van der Waals surface area contributed by atoms with Crippen LogP contribution in [0.4, 0.5) is 0 Å². The molecule has 18 heavy (non-hydrogen) atoms. The predicted octanol–water partition coefficient (Wildman–Crippen LogP) is 5.99. The fourth-order valence-electron chi connectivity index (χ4n) is 1.56. The van der Waals surface area contributed by atoms with Crippen molar-refractivity contribution in [3.8, 4) is 11.5 Å². The maximum absolute atomic E-state index is 5.94. The van der Waals surface area contributed by atoms with Gasteiger partial charge in [0.15, 0.2) is 0 Å². The van der Waals surface area contributed by atoms with Gasteiger partial charge in [0, 0.05) is 11.4 Å². The summed E-state index contributed by atoms with van der Waals surface area (Å²) in [6.45, 7) is 2.05. The zero-order valence-corrected chi connectivity index (χ0v) is 12.8. The fraction of sp³-hybridized carbons (Fsp3) is 0.143. The summed E-state index contributed by atoms with van der Waals surface area (Å²) in [6.07, 6.45) is 0. The summed E-state index contributed by atoms with van der Waals surface area (Å²) in [4.78, 5) is 0. The Bertz CT molecular complexity index is 570. The molecule has 0 aliphatic rings. The Morgan fingerprint density at radius 2 is 1.67 bits per heavy atom.